The van der Waals surface area contributed by atoms with Gasteiger partial charge in [0, 0.05) is 17.8 Å². The van der Waals surface area contributed by atoms with Crippen molar-refractivity contribution in [3.63, 3.8) is 0 Å². The summed E-state index contributed by atoms with van der Waals surface area (Å²) in [7, 11) is 0. The number of carbonyl (C=O) groups excluding carboxylic acids is 2. The molecule has 1 atom stereocenters. The molecule has 0 bridgehead atoms. The summed E-state index contributed by atoms with van der Waals surface area (Å²) < 4.78 is 6.14. The molecule has 1 saturated heterocycles. The monoisotopic (exact) mass is 519 g/mol. The van der Waals surface area contributed by atoms with Crippen molar-refractivity contribution in [3.8, 4) is 5.75 Å². The van der Waals surface area contributed by atoms with E-state index in [4.69, 9.17) is 17.0 Å². The molecule has 1 aliphatic heterocycles. The van der Waals surface area contributed by atoms with Gasteiger partial charge in [-0.2, -0.15) is 0 Å². The standard InChI is InChI=1S/C26H21N3O5S2/c1-17(24(30)27-20-10-12-21(13-11-20)29(32)33)28-25(31)23(36-26(28)35)15-19-8-5-9-22(14-19)34-16-18-6-3-2-4-7-18/h2-15,17H,16H2,1H3,(H,27,30)/b23-15-. The Bertz CT molecular complexity index is 1340. The molecule has 1 heterocycles. The molecule has 0 aliphatic carbocycles. The van der Waals surface area contributed by atoms with Gasteiger partial charge in [-0.15, -0.1) is 0 Å². The van der Waals surface area contributed by atoms with Crippen molar-refractivity contribution in [2.75, 3.05) is 5.32 Å². The van der Waals surface area contributed by atoms with Crippen LogP contribution in [0, 0.1) is 10.1 Å². The quantitative estimate of drug-likeness (QED) is 0.184. The van der Waals surface area contributed by atoms with Gasteiger partial charge < -0.3 is 10.1 Å². The molecule has 0 radical (unpaired) electrons. The van der Waals surface area contributed by atoms with Crippen LogP contribution in [0.15, 0.2) is 83.8 Å². The summed E-state index contributed by atoms with van der Waals surface area (Å²) in [5, 5.41) is 13.5. The fourth-order valence-corrected chi connectivity index (χ4v) is 4.85. The largest absolute Gasteiger partial charge is 0.489 e. The number of carbonyl (C=O) groups is 2. The highest BCUT2D eigenvalue weighted by molar-refractivity contribution is 8.26. The van der Waals surface area contributed by atoms with Crippen molar-refractivity contribution in [1.29, 1.82) is 0 Å². The number of non-ortho nitro benzene ring substituents is 1. The van der Waals surface area contributed by atoms with Crippen LogP contribution in [0.25, 0.3) is 6.08 Å². The lowest BCUT2D eigenvalue weighted by molar-refractivity contribution is -0.384. The third-order valence-corrected chi connectivity index (χ3v) is 6.67. The normalized spacial score (nSPS) is 15.1. The topological polar surface area (TPSA) is 102 Å². The van der Waals surface area contributed by atoms with Crippen LogP contribution < -0.4 is 10.1 Å². The summed E-state index contributed by atoms with van der Waals surface area (Å²) in [6.07, 6.45) is 1.72. The van der Waals surface area contributed by atoms with Gasteiger partial charge in [-0.05, 0) is 48.4 Å². The number of nitrogens with zero attached hydrogens (tertiary/aromatic N) is 2. The molecule has 2 amide bonds. The summed E-state index contributed by atoms with van der Waals surface area (Å²) in [6, 6.07) is 21.7. The minimum Gasteiger partial charge on any atom is -0.489 e. The number of rotatable bonds is 8. The van der Waals surface area contributed by atoms with Crippen molar-refractivity contribution in [2.24, 2.45) is 0 Å². The number of nitrogens with one attached hydrogen (secondary N) is 1. The number of thioether (sulfide) groups is 1. The van der Waals surface area contributed by atoms with Gasteiger partial charge in [-0.3, -0.25) is 24.6 Å². The number of hydrogen-bond donors (Lipinski definition) is 1. The van der Waals surface area contributed by atoms with E-state index in [1.807, 2.05) is 54.6 Å². The van der Waals surface area contributed by atoms with Crippen molar-refractivity contribution in [3.05, 3.63) is 105 Å². The Hall–Kier alpha value is -4.02. The summed E-state index contributed by atoms with van der Waals surface area (Å²) >= 11 is 6.51. The fourth-order valence-electron chi connectivity index (χ4n) is 3.43. The second-order valence-electron chi connectivity index (χ2n) is 7.87. The molecule has 10 heteroatoms. The zero-order chi connectivity index (χ0) is 25.7. The number of hydrogen-bond acceptors (Lipinski definition) is 7. The van der Waals surface area contributed by atoms with Gasteiger partial charge in [0.15, 0.2) is 0 Å². The maximum absolute atomic E-state index is 13.1. The van der Waals surface area contributed by atoms with E-state index in [0.717, 1.165) is 22.9 Å². The predicted octanol–water partition coefficient (Wildman–Crippen LogP) is 5.40. The van der Waals surface area contributed by atoms with Crippen molar-refractivity contribution >= 4 is 57.6 Å². The van der Waals surface area contributed by atoms with Crippen LogP contribution in [-0.2, 0) is 16.2 Å². The highest BCUT2D eigenvalue weighted by Crippen LogP contribution is 2.34. The Morgan fingerprint density at radius 1 is 1.14 bits per heavy atom. The van der Waals surface area contributed by atoms with Crippen molar-refractivity contribution in [2.45, 2.75) is 19.6 Å². The first kappa shape index (κ1) is 25.1. The second kappa shape index (κ2) is 11.1. The van der Waals surface area contributed by atoms with E-state index in [0.29, 0.717) is 22.9 Å². The second-order valence-corrected chi connectivity index (χ2v) is 9.54. The highest BCUT2D eigenvalue weighted by atomic mass is 32.2. The van der Waals surface area contributed by atoms with Gasteiger partial charge in [-0.1, -0.05) is 66.4 Å². The zero-order valence-electron chi connectivity index (χ0n) is 19.1. The van der Waals surface area contributed by atoms with Crippen molar-refractivity contribution < 1.29 is 19.2 Å². The van der Waals surface area contributed by atoms with Crippen LogP contribution in [0.5, 0.6) is 5.75 Å². The first-order chi connectivity index (χ1) is 17.3. The molecule has 8 nitrogen and oxygen atoms in total. The molecule has 3 aromatic carbocycles. The lowest BCUT2D eigenvalue weighted by Gasteiger charge is -2.22. The summed E-state index contributed by atoms with van der Waals surface area (Å²) in [6.45, 7) is 2.00. The predicted molar refractivity (Wildman–Crippen MR) is 143 cm³/mol. The maximum atomic E-state index is 13.1. The molecule has 1 unspecified atom stereocenters. The van der Waals surface area contributed by atoms with Gasteiger partial charge in [0.1, 0.15) is 22.7 Å². The summed E-state index contributed by atoms with van der Waals surface area (Å²) in [5.74, 6) is -0.163. The van der Waals surface area contributed by atoms with E-state index < -0.39 is 16.9 Å². The van der Waals surface area contributed by atoms with Crippen molar-refractivity contribution in [1.82, 2.24) is 4.90 Å². The fraction of sp³-hybridized carbons (Fsp3) is 0.115. The highest BCUT2D eigenvalue weighted by Gasteiger charge is 2.38. The molecule has 1 fully saturated rings. The minimum atomic E-state index is -0.876. The van der Waals surface area contributed by atoms with E-state index in [1.54, 1.807) is 13.0 Å². The Labute approximate surface area is 217 Å². The Morgan fingerprint density at radius 3 is 2.56 bits per heavy atom. The molecular weight excluding hydrogens is 498 g/mol. The molecule has 36 heavy (non-hydrogen) atoms. The number of nitro groups is 1. The SMILES string of the molecule is CC(C(=O)Nc1ccc([N+](=O)[O-])cc1)N1C(=O)/C(=C/c2cccc(OCc3ccccc3)c2)SC1=S. The Morgan fingerprint density at radius 2 is 1.86 bits per heavy atom. The van der Waals surface area contributed by atoms with E-state index in [2.05, 4.69) is 5.32 Å². The molecule has 3 aromatic rings. The van der Waals surface area contributed by atoms with E-state index in [1.165, 1.54) is 29.2 Å². The van der Waals surface area contributed by atoms with Crippen LogP contribution in [0.2, 0.25) is 0 Å². The van der Waals surface area contributed by atoms with Gasteiger partial charge in [0.05, 0.1) is 9.83 Å². The van der Waals surface area contributed by atoms with E-state index >= 15 is 0 Å². The number of anilines is 1. The van der Waals surface area contributed by atoms with E-state index in [-0.39, 0.29) is 15.9 Å². The summed E-state index contributed by atoms with van der Waals surface area (Å²) in [4.78, 5) is 37.8. The minimum absolute atomic E-state index is 0.0855. The van der Waals surface area contributed by atoms with Crippen LogP contribution in [0.3, 0.4) is 0 Å². The maximum Gasteiger partial charge on any atom is 0.269 e. The molecule has 0 saturated carbocycles. The number of benzene rings is 3. The van der Waals surface area contributed by atoms with Gasteiger partial charge in [0.2, 0.25) is 5.91 Å². The number of thiocarbonyl (C=S) groups is 1. The van der Waals surface area contributed by atoms with Crippen LogP contribution >= 0.6 is 24.0 Å². The number of amides is 2. The average Bonchev–Trinajstić information content (AvgIpc) is 3.15. The molecule has 0 aromatic heterocycles. The number of ether oxygens (including phenoxy) is 1. The molecule has 1 N–H and O–H groups in total. The lowest BCUT2D eigenvalue weighted by atomic mass is 10.2. The first-order valence-electron chi connectivity index (χ1n) is 10.9. The summed E-state index contributed by atoms with van der Waals surface area (Å²) in [5.41, 5.74) is 2.11. The Kier molecular flexibility index (Phi) is 7.77. The van der Waals surface area contributed by atoms with Gasteiger partial charge >= 0.3 is 0 Å². The molecule has 1 aliphatic rings. The Balaban J connectivity index is 1.42. The molecular formula is C26H21N3O5S2. The number of nitro benzene ring substituents is 1. The van der Waals surface area contributed by atoms with Crippen LogP contribution in [0.4, 0.5) is 11.4 Å². The molecule has 0 spiro atoms. The first-order valence-corrected chi connectivity index (χ1v) is 12.1. The van der Waals surface area contributed by atoms with Crippen LogP contribution in [-0.4, -0.2) is 32.0 Å². The van der Waals surface area contributed by atoms with Gasteiger partial charge in [0.25, 0.3) is 11.6 Å². The van der Waals surface area contributed by atoms with E-state index in [9.17, 15) is 19.7 Å². The third kappa shape index (κ3) is 5.96. The average molecular weight is 520 g/mol. The third-order valence-electron chi connectivity index (χ3n) is 5.34. The molecule has 182 valence electrons. The lowest BCUT2D eigenvalue weighted by Crippen LogP contribution is -2.44. The molecule has 4 rings (SSSR count). The smallest absolute Gasteiger partial charge is 0.269 e. The van der Waals surface area contributed by atoms with Crippen LogP contribution in [0.1, 0.15) is 18.1 Å². The van der Waals surface area contributed by atoms with Gasteiger partial charge in [-0.25, -0.2) is 0 Å². The zero-order valence-corrected chi connectivity index (χ0v) is 20.8.